The van der Waals surface area contributed by atoms with Crippen LogP contribution >= 0.6 is 0 Å². The standard InChI is InChI=1S/C17H24N2O4S/c1-13-5-6-14(2)16(12-13)24(21,22)19-9-7-18(8-10-19)17(20)15-4-3-11-23-15/h5-6,12,15H,3-4,7-11H2,1-2H3/t15-/m1/s1. The van der Waals surface area contributed by atoms with Crippen molar-refractivity contribution in [3.05, 3.63) is 29.3 Å². The fourth-order valence-corrected chi connectivity index (χ4v) is 4.98. The Morgan fingerprint density at radius 3 is 2.50 bits per heavy atom. The Bertz CT molecular complexity index is 718. The maximum atomic E-state index is 12.9. The molecule has 1 amide bonds. The summed E-state index contributed by atoms with van der Waals surface area (Å²) in [5.41, 5.74) is 1.67. The highest BCUT2D eigenvalue weighted by Crippen LogP contribution is 2.23. The van der Waals surface area contributed by atoms with E-state index < -0.39 is 10.0 Å². The molecular weight excluding hydrogens is 328 g/mol. The van der Waals surface area contributed by atoms with E-state index in [0.717, 1.165) is 24.0 Å². The topological polar surface area (TPSA) is 66.9 Å². The molecule has 2 aliphatic heterocycles. The summed E-state index contributed by atoms with van der Waals surface area (Å²) in [4.78, 5) is 14.4. The van der Waals surface area contributed by atoms with Crippen LogP contribution in [0.15, 0.2) is 23.1 Å². The lowest BCUT2D eigenvalue weighted by Crippen LogP contribution is -2.52. The van der Waals surface area contributed by atoms with Crippen molar-refractivity contribution in [3.8, 4) is 0 Å². The van der Waals surface area contributed by atoms with Gasteiger partial charge in [-0.2, -0.15) is 4.31 Å². The molecule has 0 bridgehead atoms. The summed E-state index contributed by atoms with van der Waals surface area (Å²) in [5.74, 6) is -0.00344. The fraction of sp³-hybridized carbons (Fsp3) is 0.588. The van der Waals surface area contributed by atoms with Crippen molar-refractivity contribution in [1.82, 2.24) is 9.21 Å². The Labute approximate surface area is 143 Å². The Morgan fingerprint density at radius 2 is 1.88 bits per heavy atom. The first-order valence-corrected chi connectivity index (χ1v) is 9.81. The zero-order valence-corrected chi connectivity index (χ0v) is 15.0. The summed E-state index contributed by atoms with van der Waals surface area (Å²) >= 11 is 0. The average molecular weight is 352 g/mol. The van der Waals surface area contributed by atoms with E-state index in [-0.39, 0.29) is 12.0 Å². The maximum Gasteiger partial charge on any atom is 0.251 e. The number of nitrogens with zero attached hydrogens (tertiary/aromatic N) is 2. The van der Waals surface area contributed by atoms with Crippen LogP contribution in [0.3, 0.4) is 0 Å². The zero-order chi connectivity index (χ0) is 17.3. The lowest BCUT2D eigenvalue weighted by molar-refractivity contribution is -0.142. The van der Waals surface area contributed by atoms with E-state index in [4.69, 9.17) is 4.74 Å². The molecule has 0 radical (unpaired) electrons. The van der Waals surface area contributed by atoms with Gasteiger partial charge in [-0.25, -0.2) is 8.42 Å². The number of sulfonamides is 1. The second kappa shape index (κ2) is 6.82. The van der Waals surface area contributed by atoms with Crippen LogP contribution in [-0.4, -0.2) is 62.4 Å². The third-order valence-electron chi connectivity index (χ3n) is 4.72. The number of aryl methyl sites for hydroxylation is 2. The van der Waals surface area contributed by atoms with Gasteiger partial charge in [0.2, 0.25) is 10.0 Å². The Hall–Kier alpha value is -1.44. The minimum absolute atomic E-state index is 0.00344. The van der Waals surface area contributed by atoms with Crippen molar-refractivity contribution in [2.24, 2.45) is 0 Å². The first-order valence-electron chi connectivity index (χ1n) is 8.37. The Morgan fingerprint density at radius 1 is 1.17 bits per heavy atom. The Balaban J connectivity index is 1.69. The molecule has 2 aliphatic rings. The van der Waals surface area contributed by atoms with Crippen LogP contribution in [0.4, 0.5) is 0 Å². The van der Waals surface area contributed by atoms with Gasteiger partial charge in [0.05, 0.1) is 4.90 Å². The SMILES string of the molecule is Cc1ccc(C)c(S(=O)(=O)N2CCN(C(=O)[C@H]3CCCO3)CC2)c1. The summed E-state index contributed by atoms with van der Waals surface area (Å²) in [6.07, 6.45) is 1.34. The molecule has 1 aromatic carbocycles. The molecule has 24 heavy (non-hydrogen) atoms. The number of carbonyl (C=O) groups is 1. The van der Waals surface area contributed by atoms with Crippen LogP contribution in [0.5, 0.6) is 0 Å². The number of rotatable bonds is 3. The van der Waals surface area contributed by atoms with E-state index in [0.29, 0.717) is 37.7 Å². The van der Waals surface area contributed by atoms with Gasteiger partial charge in [0.25, 0.3) is 5.91 Å². The molecule has 2 saturated heterocycles. The summed E-state index contributed by atoms with van der Waals surface area (Å²) < 4.78 is 32.7. The second-order valence-electron chi connectivity index (χ2n) is 6.50. The zero-order valence-electron chi connectivity index (χ0n) is 14.2. The van der Waals surface area contributed by atoms with Gasteiger partial charge in [0.15, 0.2) is 0 Å². The van der Waals surface area contributed by atoms with Crippen molar-refractivity contribution < 1.29 is 17.9 Å². The second-order valence-corrected chi connectivity index (χ2v) is 8.41. The normalized spacial score (nSPS) is 22.8. The molecule has 0 unspecified atom stereocenters. The highest BCUT2D eigenvalue weighted by atomic mass is 32.2. The number of hydrogen-bond acceptors (Lipinski definition) is 4. The minimum Gasteiger partial charge on any atom is -0.368 e. The predicted octanol–water partition coefficient (Wildman–Crippen LogP) is 1.32. The highest BCUT2D eigenvalue weighted by molar-refractivity contribution is 7.89. The predicted molar refractivity (Wildman–Crippen MR) is 90.2 cm³/mol. The first kappa shape index (κ1) is 17.4. The highest BCUT2D eigenvalue weighted by Gasteiger charge is 2.34. The van der Waals surface area contributed by atoms with Crippen LogP contribution in [0.2, 0.25) is 0 Å². The number of hydrogen-bond donors (Lipinski definition) is 0. The molecule has 1 aromatic rings. The van der Waals surface area contributed by atoms with Crippen molar-refractivity contribution in [2.75, 3.05) is 32.8 Å². The number of piperazine rings is 1. The lowest BCUT2D eigenvalue weighted by atomic mass is 10.2. The van der Waals surface area contributed by atoms with E-state index in [1.807, 2.05) is 26.0 Å². The van der Waals surface area contributed by atoms with Crippen LogP contribution in [0.25, 0.3) is 0 Å². The summed E-state index contributed by atoms with van der Waals surface area (Å²) in [6.45, 7) is 5.82. The molecule has 7 heteroatoms. The van der Waals surface area contributed by atoms with E-state index in [2.05, 4.69) is 0 Å². The molecule has 2 heterocycles. The third kappa shape index (κ3) is 3.34. The maximum absolute atomic E-state index is 12.9. The van der Waals surface area contributed by atoms with E-state index in [1.54, 1.807) is 11.0 Å². The number of amides is 1. The van der Waals surface area contributed by atoms with Crippen molar-refractivity contribution in [1.29, 1.82) is 0 Å². The van der Waals surface area contributed by atoms with Gasteiger partial charge in [-0.1, -0.05) is 12.1 Å². The molecule has 0 N–H and O–H groups in total. The van der Waals surface area contributed by atoms with Crippen molar-refractivity contribution >= 4 is 15.9 Å². The molecule has 0 saturated carbocycles. The molecule has 132 valence electrons. The summed E-state index contributed by atoms with van der Waals surface area (Å²) in [6, 6.07) is 5.46. The molecule has 1 atom stereocenters. The third-order valence-corrected chi connectivity index (χ3v) is 6.76. The van der Waals surface area contributed by atoms with Gasteiger partial charge in [-0.3, -0.25) is 4.79 Å². The van der Waals surface area contributed by atoms with Gasteiger partial charge in [0, 0.05) is 32.8 Å². The van der Waals surface area contributed by atoms with Crippen LogP contribution in [-0.2, 0) is 19.6 Å². The summed E-state index contributed by atoms with van der Waals surface area (Å²) in [7, 11) is -3.52. The molecule has 0 aromatic heterocycles. The molecule has 0 aliphatic carbocycles. The smallest absolute Gasteiger partial charge is 0.251 e. The Kier molecular flexibility index (Phi) is 4.94. The number of ether oxygens (including phenoxy) is 1. The van der Waals surface area contributed by atoms with Crippen LogP contribution < -0.4 is 0 Å². The fourth-order valence-electron chi connectivity index (χ4n) is 3.25. The quantitative estimate of drug-likeness (QED) is 0.823. The molecule has 6 nitrogen and oxygen atoms in total. The van der Waals surface area contributed by atoms with Gasteiger partial charge < -0.3 is 9.64 Å². The first-order chi connectivity index (χ1) is 11.4. The van der Waals surface area contributed by atoms with Crippen molar-refractivity contribution in [3.63, 3.8) is 0 Å². The van der Waals surface area contributed by atoms with Gasteiger partial charge >= 0.3 is 0 Å². The van der Waals surface area contributed by atoms with Gasteiger partial charge in [-0.05, 0) is 43.9 Å². The van der Waals surface area contributed by atoms with Crippen molar-refractivity contribution in [2.45, 2.75) is 37.7 Å². The van der Waals surface area contributed by atoms with E-state index in [9.17, 15) is 13.2 Å². The lowest BCUT2D eigenvalue weighted by Gasteiger charge is -2.35. The average Bonchev–Trinajstić information content (AvgIpc) is 3.11. The molecular formula is C17H24N2O4S. The van der Waals surface area contributed by atoms with E-state index >= 15 is 0 Å². The van der Waals surface area contributed by atoms with Crippen LogP contribution in [0, 0.1) is 13.8 Å². The molecule has 2 fully saturated rings. The number of carbonyl (C=O) groups excluding carboxylic acids is 1. The minimum atomic E-state index is -3.52. The largest absolute Gasteiger partial charge is 0.368 e. The van der Waals surface area contributed by atoms with Crippen LogP contribution in [0.1, 0.15) is 24.0 Å². The monoisotopic (exact) mass is 352 g/mol. The molecule has 3 rings (SSSR count). The summed E-state index contributed by atoms with van der Waals surface area (Å²) in [5, 5.41) is 0. The van der Waals surface area contributed by atoms with Gasteiger partial charge in [0.1, 0.15) is 6.10 Å². The van der Waals surface area contributed by atoms with E-state index in [1.165, 1.54) is 4.31 Å². The number of benzene rings is 1. The molecule has 0 spiro atoms. The van der Waals surface area contributed by atoms with Gasteiger partial charge in [-0.15, -0.1) is 0 Å².